The van der Waals surface area contributed by atoms with E-state index in [0.717, 1.165) is 31.6 Å². The number of likely N-dealkylation sites (tertiary alicyclic amines) is 1. The number of hydrogen-bond donors (Lipinski definition) is 2. The van der Waals surface area contributed by atoms with Crippen LogP contribution < -0.4 is 5.32 Å². The van der Waals surface area contributed by atoms with E-state index in [1.54, 1.807) is 6.92 Å². The lowest BCUT2D eigenvalue weighted by molar-refractivity contribution is 0.173. The molecule has 1 aliphatic rings. The number of hydrogen-bond acceptors (Lipinski definition) is 6. The highest BCUT2D eigenvalue weighted by molar-refractivity contribution is 5.55. The highest BCUT2D eigenvalue weighted by atomic mass is 16.5. The Hall–Kier alpha value is -1.76. The highest BCUT2D eigenvalue weighted by Gasteiger charge is 2.23. The van der Waals surface area contributed by atoms with Gasteiger partial charge in [0.05, 0.1) is 6.10 Å². The number of rotatable bonds is 5. The average molecular weight is 302 g/mol. The van der Waals surface area contributed by atoms with Gasteiger partial charge < -0.3 is 14.9 Å². The van der Waals surface area contributed by atoms with Crippen LogP contribution in [0.5, 0.6) is 0 Å². The third-order valence-electron chi connectivity index (χ3n) is 4.11. The number of aromatic nitrogens is 2. The normalized spacial score (nSPS) is 20.4. The van der Waals surface area contributed by atoms with E-state index < -0.39 is 0 Å². The van der Waals surface area contributed by atoms with Crippen LogP contribution >= 0.6 is 0 Å². The van der Waals surface area contributed by atoms with E-state index in [4.69, 9.17) is 4.52 Å². The van der Waals surface area contributed by atoms with Crippen molar-refractivity contribution in [3.8, 4) is 11.4 Å². The fraction of sp³-hybridized carbons (Fsp3) is 0.500. The first-order valence-electron chi connectivity index (χ1n) is 7.64. The van der Waals surface area contributed by atoms with Crippen molar-refractivity contribution in [1.82, 2.24) is 20.4 Å². The van der Waals surface area contributed by atoms with E-state index in [1.807, 2.05) is 19.2 Å². The molecule has 118 valence electrons. The molecule has 6 heteroatoms. The van der Waals surface area contributed by atoms with Gasteiger partial charge in [0.1, 0.15) is 0 Å². The van der Waals surface area contributed by atoms with Gasteiger partial charge >= 0.3 is 0 Å². The fourth-order valence-electron chi connectivity index (χ4n) is 2.91. The monoisotopic (exact) mass is 302 g/mol. The van der Waals surface area contributed by atoms with Gasteiger partial charge in [-0.25, -0.2) is 0 Å². The summed E-state index contributed by atoms with van der Waals surface area (Å²) in [7, 11) is 1.96. The number of aryl methyl sites for hydroxylation is 1. The van der Waals surface area contributed by atoms with E-state index in [1.165, 1.54) is 5.56 Å². The molecule has 22 heavy (non-hydrogen) atoms. The van der Waals surface area contributed by atoms with Crippen molar-refractivity contribution in [2.75, 3.05) is 26.7 Å². The molecule has 0 aliphatic carbocycles. The Labute approximate surface area is 130 Å². The van der Waals surface area contributed by atoms with Gasteiger partial charge in [-0.3, -0.25) is 4.90 Å². The van der Waals surface area contributed by atoms with Crippen molar-refractivity contribution in [2.45, 2.75) is 25.5 Å². The van der Waals surface area contributed by atoms with Gasteiger partial charge in [-0.05, 0) is 25.1 Å². The second-order valence-corrected chi connectivity index (χ2v) is 5.81. The van der Waals surface area contributed by atoms with Gasteiger partial charge in [0, 0.05) is 38.2 Å². The molecule has 2 N–H and O–H groups in total. The number of nitrogens with zero attached hydrogens (tertiary/aromatic N) is 3. The molecule has 2 heterocycles. The van der Waals surface area contributed by atoms with E-state index in [-0.39, 0.29) is 12.1 Å². The summed E-state index contributed by atoms with van der Waals surface area (Å²) >= 11 is 0. The smallest absolute Gasteiger partial charge is 0.223 e. The largest absolute Gasteiger partial charge is 0.392 e. The zero-order valence-electron chi connectivity index (χ0n) is 13.0. The summed E-state index contributed by atoms with van der Waals surface area (Å²) in [6.45, 7) is 4.36. The molecule has 1 saturated heterocycles. The summed E-state index contributed by atoms with van der Waals surface area (Å²) in [5.41, 5.74) is 2.14. The molecule has 2 atom stereocenters. The Bertz CT molecular complexity index is 628. The summed E-state index contributed by atoms with van der Waals surface area (Å²) in [5, 5.41) is 17.0. The number of likely N-dealkylation sites (N-methyl/N-ethyl adjacent to an activating group) is 1. The second-order valence-electron chi connectivity index (χ2n) is 5.81. The molecule has 1 aromatic heterocycles. The summed E-state index contributed by atoms with van der Waals surface area (Å²) in [6.07, 6.45) is 0.671. The molecule has 1 fully saturated rings. The molecule has 1 aromatic carbocycles. The van der Waals surface area contributed by atoms with Crippen LogP contribution in [0.25, 0.3) is 11.4 Å². The number of nitrogens with one attached hydrogen (secondary N) is 1. The molecule has 0 unspecified atom stereocenters. The number of aliphatic hydroxyl groups excluding tert-OH is 1. The zero-order valence-corrected chi connectivity index (χ0v) is 13.0. The summed E-state index contributed by atoms with van der Waals surface area (Å²) < 4.78 is 5.05. The Balaban J connectivity index is 1.77. The van der Waals surface area contributed by atoms with Crippen LogP contribution in [0.3, 0.4) is 0 Å². The topological polar surface area (TPSA) is 74.4 Å². The second kappa shape index (κ2) is 6.56. The van der Waals surface area contributed by atoms with Gasteiger partial charge in [0.25, 0.3) is 0 Å². The molecular weight excluding hydrogens is 280 g/mol. The lowest BCUT2D eigenvalue weighted by atomic mass is 10.0. The van der Waals surface area contributed by atoms with Crippen LogP contribution in [0, 0.1) is 6.92 Å². The molecule has 0 radical (unpaired) electrons. The third kappa shape index (κ3) is 3.35. The average Bonchev–Trinajstić information content (AvgIpc) is 3.13. The molecule has 0 bridgehead atoms. The molecular formula is C16H22N4O2. The molecule has 0 saturated carbocycles. The minimum atomic E-state index is -0.189. The van der Waals surface area contributed by atoms with Crippen LogP contribution in [-0.4, -0.2) is 52.9 Å². The van der Waals surface area contributed by atoms with Crippen molar-refractivity contribution < 1.29 is 9.63 Å². The number of β-amino-alcohol motifs (C(OH)–C–C–N with tert-alkyl or cyclic N) is 1. The van der Waals surface area contributed by atoms with E-state index in [9.17, 15) is 5.11 Å². The fourth-order valence-corrected chi connectivity index (χ4v) is 2.91. The van der Waals surface area contributed by atoms with E-state index in [2.05, 4.69) is 32.5 Å². The van der Waals surface area contributed by atoms with Gasteiger partial charge in [-0.2, -0.15) is 4.98 Å². The zero-order chi connectivity index (χ0) is 15.5. The molecule has 6 nitrogen and oxygen atoms in total. The van der Waals surface area contributed by atoms with Crippen molar-refractivity contribution in [2.24, 2.45) is 0 Å². The maximum atomic E-state index is 9.66. The van der Waals surface area contributed by atoms with Crippen LogP contribution in [0.2, 0.25) is 0 Å². The number of benzene rings is 1. The first-order valence-corrected chi connectivity index (χ1v) is 7.64. The van der Waals surface area contributed by atoms with E-state index in [0.29, 0.717) is 11.7 Å². The van der Waals surface area contributed by atoms with Gasteiger partial charge in [0.2, 0.25) is 11.7 Å². The molecule has 3 rings (SSSR count). The first-order chi connectivity index (χ1) is 10.7. The SMILES string of the molecule is CN[C@H](CN1CC[C@@H](O)C1)c1cccc(-c2noc(C)n2)c1. The van der Waals surface area contributed by atoms with Gasteiger partial charge in [-0.1, -0.05) is 23.4 Å². The maximum Gasteiger partial charge on any atom is 0.223 e. The lowest BCUT2D eigenvalue weighted by Crippen LogP contribution is -2.33. The Kier molecular flexibility index (Phi) is 4.52. The Morgan fingerprint density at radius 3 is 3.00 bits per heavy atom. The minimum Gasteiger partial charge on any atom is -0.392 e. The predicted octanol–water partition coefficient (Wildman–Crippen LogP) is 1.37. The maximum absolute atomic E-state index is 9.66. The van der Waals surface area contributed by atoms with Crippen LogP contribution in [0.4, 0.5) is 0 Å². The van der Waals surface area contributed by atoms with Crippen molar-refractivity contribution >= 4 is 0 Å². The molecule has 1 aliphatic heterocycles. The van der Waals surface area contributed by atoms with Crippen molar-refractivity contribution in [1.29, 1.82) is 0 Å². The standard InChI is InChI=1S/C16H22N4O2/c1-11-18-16(19-22-11)13-5-3-4-12(8-13)15(17-2)10-20-7-6-14(21)9-20/h3-5,8,14-15,17,21H,6-7,9-10H2,1-2H3/t14-,15-/m1/s1. The predicted molar refractivity (Wildman–Crippen MR) is 83.3 cm³/mol. The highest BCUT2D eigenvalue weighted by Crippen LogP contribution is 2.23. The van der Waals surface area contributed by atoms with Crippen LogP contribution in [-0.2, 0) is 0 Å². The molecule has 0 amide bonds. The quantitative estimate of drug-likeness (QED) is 0.869. The third-order valence-corrected chi connectivity index (χ3v) is 4.11. The Morgan fingerprint density at radius 1 is 1.50 bits per heavy atom. The minimum absolute atomic E-state index is 0.189. The van der Waals surface area contributed by atoms with Gasteiger partial charge in [-0.15, -0.1) is 0 Å². The summed E-state index contributed by atoms with van der Waals surface area (Å²) in [4.78, 5) is 6.57. The van der Waals surface area contributed by atoms with Crippen LogP contribution in [0.1, 0.15) is 23.9 Å². The molecule has 2 aromatic rings. The number of aliphatic hydroxyl groups is 1. The summed E-state index contributed by atoms with van der Waals surface area (Å²) in [5.74, 6) is 1.18. The van der Waals surface area contributed by atoms with Crippen LogP contribution in [0.15, 0.2) is 28.8 Å². The Morgan fingerprint density at radius 2 is 2.36 bits per heavy atom. The van der Waals surface area contributed by atoms with Crippen molar-refractivity contribution in [3.63, 3.8) is 0 Å². The van der Waals surface area contributed by atoms with Gasteiger partial charge in [0.15, 0.2) is 0 Å². The van der Waals surface area contributed by atoms with Crippen molar-refractivity contribution in [3.05, 3.63) is 35.7 Å². The summed E-state index contributed by atoms with van der Waals surface area (Å²) in [6, 6.07) is 8.40. The molecule has 0 spiro atoms. The first kappa shape index (κ1) is 15.1. The lowest BCUT2D eigenvalue weighted by Gasteiger charge is -2.23. The van der Waals surface area contributed by atoms with E-state index >= 15 is 0 Å².